The Bertz CT molecular complexity index is 785. The lowest BCUT2D eigenvalue weighted by Crippen LogP contribution is -2.20. The van der Waals surface area contributed by atoms with E-state index >= 15 is 0 Å². The van der Waals surface area contributed by atoms with Crippen LogP contribution in [0.2, 0.25) is 0 Å². The van der Waals surface area contributed by atoms with Crippen LogP contribution in [0, 0.1) is 6.92 Å². The molecule has 4 nitrogen and oxygen atoms in total. The Kier molecular flexibility index (Phi) is 5.88. The van der Waals surface area contributed by atoms with Crippen molar-refractivity contribution >= 4 is 39.8 Å². The van der Waals surface area contributed by atoms with Gasteiger partial charge in [0.2, 0.25) is 0 Å². The van der Waals surface area contributed by atoms with Crippen molar-refractivity contribution in [1.82, 2.24) is 9.97 Å². The number of aryl methyl sites for hydroxylation is 1. The second-order valence-corrected chi connectivity index (χ2v) is 6.77. The molecule has 25 heavy (non-hydrogen) atoms. The van der Waals surface area contributed by atoms with Crippen molar-refractivity contribution in [2.24, 2.45) is 0 Å². The number of hydrogen-bond donors (Lipinski definition) is 0. The lowest BCUT2D eigenvalue weighted by Gasteiger charge is -2.21. The molecule has 0 bridgehead atoms. The second-order valence-electron chi connectivity index (χ2n) is 5.77. The molecule has 2 aromatic heterocycles. The van der Waals surface area contributed by atoms with E-state index in [1.54, 1.807) is 6.92 Å². The summed E-state index contributed by atoms with van der Waals surface area (Å²) in [5, 5.41) is 0.480. The van der Waals surface area contributed by atoms with Gasteiger partial charge in [-0.1, -0.05) is 0 Å². The average Bonchev–Trinajstić information content (AvgIpc) is 3.15. The molecule has 1 saturated heterocycles. The molecular weight excluding hydrogens is 419 g/mol. The van der Waals surface area contributed by atoms with Gasteiger partial charge in [-0.3, -0.25) is 9.78 Å². The third-order valence-electron chi connectivity index (χ3n) is 3.96. The Hall–Kier alpha value is -1.48. The van der Waals surface area contributed by atoms with Gasteiger partial charge in [0.1, 0.15) is 10.7 Å². The van der Waals surface area contributed by atoms with Gasteiger partial charge >= 0.3 is 6.18 Å². The SMILES string of the molecule is Br.CC(=O)c1sc(-c2ncc(C(F)(F)F)cc2N2CCCC2)nc1C. The fraction of sp³-hybridized carbons (Fsp3) is 0.438. The van der Waals surface area contributed by atoms with Crippen molar-refractivity contribution in [2.45, 2.75) is 32.9 Å². The van der Waals surface area contributed by atoms with Crippen molar-refractivity contribution in [3.05, 3.63) is 28.4 Å². The van der Waals surface area contributed by atoms with Crippen LogP contribution in [0.4, 0.5) is 18.9 Å². The summed E-state index contributed by atoms with van der Waals surface area (Å²) < 4.78 is 39.1. The average molecular weight is 436 g/mol. The van der Waals surface area contributed by atoms with Gasteiger partial charge in [0, 0.05) is 26.2 Å². The molecule has 3 rings (SSSR count). The number of carbonyl (C=O) groups is 1. The molecule has 0 radical (unpaired) electrons. The van der Waals surface area contributed by atoms with E-state index in [0.717, 1.165) is 25.1 Å². The maximum absolute atomic E-state index is 13.0. The van der Waals surface area contributed by atoms with Crippen LogP contribution in [0.1, 0.15) is 40.7 Å². The summed E-state index contributed by atoms with van der Waals surface area (Å²) >= 11 is 1.18. The topological polar surface area (TPSA) is 46.1 Å². The first-order valence-corrected chi connectivity index (χ1v) is 8.40. The maximum Gasteiger partial charge on any atom is 0.417 e. The van der Waals surface area contributed by atoms with Crippen molar-refractivity contribution < 1.29 is 18.0 Å². The molecule has 1 fully saturated rings. The quantitative estimate of drug-likeness (QED) is 0.642. The summed E-state index contributed by atoms with van der Waals surface area (Å²) in [6.45, 7) is 4.56. The first-order valence-electron chi connectivity index (χ1n) is 7.58. The molecule has 0 spiro atoms. The van der Waals surface area contributed by atoms with Crippen LogP contribution in [-0.2, 0) is 6.18 Å². The molecule has 0 unspecified atom stereocenters. The molecule has 9 heteroatoms. The highest BCUT2D eigenvalue weighted by Crippen LogP contribution is 2.38. The van der Waals surface area contributed by atoms with Crippen LogP contribution in [0.3, 0.4) is 0 Å². The molecule has 0 atom stereocenters. The standard InChI is InChI=1S/C16H16F3N3OS.BrH/c1-9-14(10(2)23)24-15(21-9)13-12(22-5-3-4-6-22)7-11(8-20-13)16(17,18)19;/h7-8H,3-6H2,1-2H3;1H. The highest BCUT2D eigenvalue weighted by atomic mass is 79.9. The summed E-state index contributed by atoms with van der Waals surface area (Å²) in [6.07, 6.45) is -1.74. The normalized spacial score (nSPS) is 14.5. The van der Waals surface area contributed by atoms with E-state index in [4.69, 9.17) is 0 Å². The number of Topliss-reactive ketones (excluding diaryl/α,β-unsaturated/α-hetero) is 1. The summed E-state index contributed by atoms with van der Waals surface area (Å²) in [5.41, 5.74) is 0.654. The molecular formula is C16H17BrF3N3OS. The van der Waals surface area contributed by atoms with E-state index in [0.29, 0.717) is 40.0 Å². The molecule has 0 amide bonds. The fourth-order valence-corrected chi connectivity index (χ4v) is 3.76. The Morgan fingerprint density at radius 1 is 1.28 bits per heavy atom. The molecule has 0 N–H and O–H groups in total. The Morgan fingerprint density at radius 3 is 2.44 bits per heavy atom. The minimum atomic E-state index is -4.44. The number of ketones is 1. The number of rotatable bonds is 3. The third kappa shape index (κ3) is 4.03. The molecule has 0 aliphatic carbocycles. The first-order chi connectivity index (χ1) is 11.3. The van der Waals surface area contributed by atoms with E-state index in [-0.39, 0.29) is 22.8 Å². The molecule has 1 aliphatic heterocycles. The lowest BCUT2D eigenvalue weighted by atomic mass is 10.2. The van der Waals surface area contributed by atoms with E-state index < -0.39 is 11.7 Å². The number of aromatic nitrogens is 2. The van der Waals surface area contributed by atoms with Crippen molar-refractivity contribution in [1.29, 1.82) is 0 Å². The minimum Gasteiger partial charge on any atom is -0.370 e. The van der Waals surface area contributed by atoms with E-state index in [9.17, 15) is 18.0 Å². The summed E-state index contributed by atoms with van der Waals surface area (Å²) in [5.74, 6) is -0.106. The number of halogens is 4. The maximum atomic E-state index is 13.0. The minimum absolute atomic E-state index is 0. The van der Waals surface area contributed by atoms with Gasteiger partial charge in [0.25, 0.3) is 0 Å². The molecule has 1 aliphatic rings. The number of alkyl halides is 3. The Morgan fingerprint density at radius 2 is 1.92 bits per heavy atom. The Balaban J connectivity index is 0.00000225. The van der Waals surface area contributed by atoms with Gasteiger partial charge < -0.3 is 4.90 Å². The number of anilines is 1. The number of carbonyl (C=O) groups excluding carboxylic acids is 1. The molecule has 2 aromatic rings. The van der Waals surface area contributed by atoms with Gasteiger partial charge in [0.05, 0.1) is 21.8 Å². The van der Waals surface area contributed by atoms with Gasteiger partial charge in [-0.25, -0.2) is 4.98 Å². The zero-order valence-corrected chi connectivity index (χ0v) is 16.2. The summed E-state index contributed by atoms with van der Waals surface area (Å²) in [7, 11) is 0. The van der Waals surface area contributed by atoms with E-state index in [1.165, 1.54) is 18.3 Å². The van der Waals surface area contributed by atoms with Crippen LogP contribution in [0.5, 0.6) is 0 Å². The molecule has 0 aromatic carbocycles. The molecule has 136 valence electrons. The number of hydrogen-bond acceptors (Lipinski definition) is 5. The zero-order valence-electron chi connectivity index (χ0n) is 13.7. The van der Waals surface area contributed by atoms with Gasteiger partial charge in [-0.05, 0) is 25.8 Å². The molecule has 0 saturated carbocycles. The van der Waals surface area contributed by atoms with E-state index in [1.807, 2.05) is 4.90 Å². The van der Waals surface area contributed by atoms with Gasteiger partial charge in [0.15, 0.2) is 5.78 Å². The summed E-state index contributed by atoms with van der Waals surface area (Å²) in [6, 6.07) is 1.14. The van der Waals surface area contributed by atoms with Crippen molar-refractivity contribution in [3.63, 3.8) is 0 Å². The lowest BCUT2D eigenvalue weighted by molar-refractivity contribution is -0.137. The van der Waals surface area contributed by atoms with Gasteiger partial charge in [-0.2, -0.15) is 13.2 Å². The third-order valence-corrected chi connectivity index (χ3v) is 5.23. The predicted molar refractivity (Wildman–Crippen MR) is 96.9 cm³/mol. The number of pyridine rings is 1. The second kappa shape index (κ2) is 7.41. The smallest absolute Gasteiger partial charge is 0.370 e. The predicted octanol–water partition coefficient (Wildman–Crippen LogP) is 4.91. The monoisotopic (exact) mass is 435 g/mol. The highest BCUT2D eigenvalue weighted by Gasteiger charge is 2.33. The van der Waals surface area contributed by atoms with Crippen molar-refractivity contribution in [3.8, 4) is 10.7 Å². The van der Waals surface area contributed by atoms with Gasteiger partial charge in [-0.15, -0.1) is 28.3 Å². The van der Waals surface area contributed by atoms with E-state index in [2.05, 4.69) is 9.97 Å². The summed E-state index contributed by atoms with van der Waals surface area (Å²) in [4.78, 5) is 22.4. The van der Waals surface area contributed by atoms with Crippen LogP contribution >= 0.6 is 28.3 Å². The number of thiazole rings is 1. The zero-order chi connectivity index (χ0) is 17.5. The van der Waals surface area contributed by atoms with Crippen LogP contribution in [0.25, 0.3) is 10.7 Å². The first kappa shape index (κ1) is 19.8. The fourth-order valence-electron chi connectivity index (χ4n) is 2.80. The van der Waals surface area contributed by atoms with Crippen LogP contribution in [-0.4, -0.2) is 28.8 Å². The van der Waals surface area contributed by atoms with Crippen LogP contribution in [0.15, 0.2) is 12.3 Å². The Labute approximate surface area is 157 Å². The van der Waals surface area contributed by atoms with Crippen LogP contribution < -0.4 is 4.90 Å². The molecule has 3 heterocycles. The number of nitrogens with zero attached hydrogens (tertiary/aromatic N) is 3. The highest BCUT2D eigenvalue weighted by molar-refractivity contribution is 8.93. The van der Waals surface area contributed by atoms with Crippen molar-refractivity contribution in [2.75, 3.05) is 18.0 Å². The largest absolute Gasteiger partial charge is 0.417 e.